The number of hydrogen-bond acceptors (Lipinski definition) is 4. The van der Waals surface area contributed by atoms with Gasteiger partial charge in [0.2, 0.25) is 0 Å². The number of nitrogens with one attached hydrogen (secondary N) is 1. The Morgan fingerprint density at radius 1 is 1.06 bits per heavy atom. The van der Waals surface area contributed by atoms with Crippen LogP contribution in [0.4, 0.5) is 19.0 Å². The van der Waals surface area contributed by atoms with Crippen LogP contribution in [0, 0.1) is 0 Å². The first kappa shape index (κ1) is 23.3. The molecule has 2 aromatic carbocycles. The van der Waals surface area contributed by atoms with Crippen LogP contribution < -0.4 is 5.32 Å². The lowest BCUT2D eigenvalue weighted by Crippen LogP contribution is -2.16. The molecular formula is C26H20F3N5O2. The molecule has 0 aliphatic heterocycles. The molecule has 0 saturated heterocycles. The number of halogens is 3. The molecule has 0 aliphatic carbocycles. The second-order valence-corrected chi connectivity index (χ2v) is 8.19. The molecule has 182 valence electrons. The van der Waals surface area contributed by atoms with Crippen molar-refractivity contribution < 1.29 is 23.1 Å². The molecule has 0 aliphatic rings. The normalized spacial score (nSPS) is 11.7. The summed E-state index contributed by atoms with van der Waals surface area (Å²) in [7, 11) is 1.60. The molecule has 0 atom stereocenters. The van der Waals surface area contributed by atoms with Crippen LogP contribution in [-0.4, -0.2) is 30.2 Å². The highest BCUT2D eigenvalue weighted by Gasteiger charge is 2.34. The molecule has 5 aromatic rings. The molecule has 0 unspecified atom stereocenters. The number of aliphatic hydroxyl groups excluding tert-OH is 1. The van der Waals surface area contributed by atoms with Crippen molar-refractivity contribution in [1.29, 1.82) is 0 Å². The topological polar surface area (TPSA) is 84.5 Å². The maximum absolute atomic E-state index is 13.7. The van der Waals surface area contributed by atoms with Crippen molar-refractivity contribution in [2.75, 3.05) is 5.32 Å². The molecule has 0 saturated carbocycles. The number of nitrogens with zero attached hydrogens (tertiary/aromatic N) is 4. The monoisotopic (exact) mass is 491 g/mol. The first-order valence-electron chi connectivity index (χ1n) is 10.9. The quantitative estimate of drug-likeness (QED) is 0.356. The van der Waals surface area contributed by atoms with Crippen molar-refractivity contribution in [2.24, 2.45) is 7.05 Å². The summed E-state index contributed by atoms with van der Waals surface area (Å²) in [4.78, 5) is 18.0. The minimum atomic E-state index is -4.62. The summed E-state index contributed by atoms with van der Waals surface area (Å²) >= 11 is 0. The van der Waals surface area contributed by atoms with E-state index in [9.17, 15) is 23.1 Å². The van der Waals surface area contributed by atoms with Gasteiger partial charge in [0.05, 0.1) is 17.9 Å². The van der Waals surface area contributed by atoms with Gasteiger partial charge in [0.1, 0.15) is 17.2 Å². The number of pyridine rings is 1. The van der Waals surface area contributed by atoms with Gasteiger partial charge in [0, 0.05) is 36.1 Å². The number of alkyl halides is 3. The number of hydrogen-bond donors (Lipinski definition) is 2. The summed E-state index contributed by atoms with van der Waals surface area (Å²) in [6.45, 7) is -0.214. The van der Waals surface area contributed by atoms with Crippen LogP contribution in [0.15, 0.2) is 79.1 Å². The number of rotatable bonds is 5. The number of benzene rings is 2. The first-order chi connectivity index (χ1) is 17.2. The standard InChI is InChI=1S/C26H20F3N5O2/c1-33-12-11-21(32-33)19-13-18(8-9-20(19)26(27,28)29)25(36)31-24-23(17-5-3-2-4-6-17)30-22-10-7-16(15-35)14-34(22)24/h2-14,35H,15H2,1H3,(H,31,36). The van der Waals surface area contributed by atoms with Gasteiger partial charge in [0.25, 0.3) is 5.91 Å². The lowest BCUT2D eigenvalue weighted by Gasteiger charge is -2.14. The van der Waals surface area contributed by atoms with Crippen molar-refractivity contribution in [3.8, 4) is 22.5 Å². The fraction of sp³-hybridized carbons (Fsp3) is 0.115. The van der Waals surface area contributed by atoms with Gasteiger partial charge >= 0.3 is 6.18 Å². The van der Waals surface area contributed by atoms with Crippen molar-refractivity contribution in [2.45, 2.75) is 12.8 Å². The second-order valence-electron chi connectivity index (χ2n) is 8.19. The summed E-state index contributed by atoms with van der Waals surface area (Å²) < 4.78 is 44.1. The van der Waals surface area contributed by atoms with Gasteiger partial charge in [-0.15, -0.1) is 0 Å². The largest absolute Gasteiger partial charge is 0.417 e. The average Bonchev–Trinajstić information content (AvgIpc) is 3.47. The van der Waals surface area contributed by atoms with E-state index < -0.39 is 17.6 Å². The molecule has 2 N–H and O–H groups in total. The van der Waals surface area contributed by atoms with Gasteiger partial charge in [-0.25, -0.2) is 4.98 Å². The van der Waals surface area contributed by atoms with Crippen LogP contribution >= 0.6 is 0 Å². The molecule has 0 fully saturated rings. The predicted molar refractivity (Wildman–Crippen MR) is 128 cm³/mol. The van der Waals surface area contributed by atoms with Crippen molar-refractivity contribution in [3.63, 3.8) is 0 Å². The van der Waals surface area contributed by atoms with Crippen molar-refractivity contribution in [3.05, 3.63) is 95.8 Å². The molecule has 3 aromatic heterocycles. The van der Waals surface area contributed by atoms with Crippen LogP contribution in [0.3, 0.4) is 0 Å². The van der Waals surface area contributed by atoms with Crippen molar-refractivity contribution in [1.82, 2.24) is 19.2 Å². The Hall–Kier alpha value is -4.44. The molecule has 0 bridgehead atoms. The molecule has 7 nitrogen and oxygen atoms in total. The summed E-state index contributed by atoms with van der Waals surface area (Å²) in [6, 6.07) is 17.3. The number of aromatic nitrogens is 4. The Balaban J connectivity index is 1.60. The van der Waals surface area contributed by atoms with E-state index in [1.807, 2.05) is 30.3 Å². The lowest BCUT2D eigenvalue weighted by molar-refractivity contribution is -0.137. The minimum absolute atomic E-state index is 0.0240. The zero-order valence-corrected chi connectivity index (χ0v) is 19.0. The van der Waals surface area contributed by atoms with E-state index in [0.29, 0.717) is 22.7 Å². The van der Waals surface area contributed by atoms with Crippen LogP contribution in [0.25, 0.3) is 28.2 Å². The van der Waals surface area contributed by atoms with Gasteiger partial charge in [-0.3, -0.25) is 13.9 Å². The number of amides is 1. The molecule has 0 radical (unpaired) electrons. The number of aliphatic hydroxyl groups is 1. The fourth-order valence-corrected chi connectivity index (χ4v) is 3.98. The summed E-state index contributed by atoms with van der Waals surface area (Å²) in [5.74, 6) is -0.287. The highest BCUT2D eigenvalue weighted by atomic mass is 19.4. The SMILES string of the molecule is Cn1ccc(-c2cc(C(=O)Nc3c(-c4ccccc4)nc4ccc(CO)cn34)ccc2C(F)(F)F)n1. The van der Waals surface area contributed by atoms with E-state index in [0.717, 1.165) is 17.7 Å². The Morgan fingerprint density at radius 2 is 1.83 bits per heavy atom. The third kappa shape index (κ3) is 4.34. The minimum Gasteiger partial charge on any atom is -0.392 e. The summed E-state index contributed by atoms with van der Waals surface area (Å²) in [5, 5.41) is 16.5. The lowest BCUT2D eigenvalue weighted by atomic mass is 10.0. The van der Waals surface area contributed by atoms with Crippen LogP contribution in [0.1, 0.15) is 21.5 Å². The first-order valence-corrected chi connectivity index (χ1v) is 10.9. The van der Waals surface area contributed by atoms with Gasteiger partial charge in [-0.1, -0.05) is 36.4 Å². The highest BCUT2D eigenvalue weighted by Crippen LogP contribution is 2.37. The van der Waals surface area contributed by atoms with Crippen LogP contribution in [0.2, 0.25) is 0 Å². The molecule has 3 heterocycles. The number of fused-ring (bicyclic) bond motifs is 1. The van der Waals surface area contributed by atoms with Gasteiger partial charge in [0.15, 0.2) is 0 Å². The van der Waals surface area contributed by atoms with E-state index in [1.165, 1.54) is 23.0 Å². The van der Waals surface area contributed by atoms with E-state index >= 15 is 0 Å². The number of imidazole rings is 1. The summed E-state index contributed by atoms with van der Waals surface area (Å²) in [5.41, 5.74) is 1.40. The average molecular weight is 491 g/mol. The Labute approximate surface area is 203 Å². The molecular weight excluding hydrogens is 471 g/mol. The smallest absolute Gasteiger partial charge is 0.392 e. The number of anilines is 1. The fourth-order valence-electron chi connectivity index (χ4n) is 3.98. The van der Waals surface area contributed by atoms with Gasteiger partial charge < -0.3 is 10.4 Å². The molecule has 5 rings (SSSR count). The zero-order valence-electron chi connectivity index (χ0n) is 19.0. The Morgan fingerprint density at radius 3 is 2.50 bits per heavy atom. The number of carbonyl (C=O) groups is 1. The number of aryl methyl sites for hydroxylation is 1. The Bertz CT molecular complexity index is 1570. The van der Waals surface area contributed by atoms with Crippen LogP contribution in [-0.2, 0) is 19.8 Å². The maximum atomic E-state index is 13.7. The van der Waals surface area contributed by atoms with E-state index in [2.05, 4.69) is 15.4 Å². The predicted octanol–water partition coefficient (Wildman–Crippen LogP) is 5.17. The number of carbonyl (C=O) groups excluding carboxylic acids is 1. The Kier molecular flexibility index (Phi) is 5.81. The molecule has 0 spiro atoms. The van der Waals surface area contributed by atoms with E-state index in [1.54, 1.807) is 29.8 Å². The third-order valence-electron chi connectivity index (χ3n) is 5.72. The third-order valence-corrected chi connectivity index (χ3v) is 5.72. The van der Waals surface area contributed by atoms with Gasteiger partial charge in [-0.2, -0.15) is 18.3 Å². The maximum Gasteiger partial charge on any atom is 0.417 e. The molecule has 1 amide bonds. The summed E-state index contributed by atoms with van der Waals surface area (Å²) in [6.07, 6.45) is -1.44. The second kappa shape index (κ2) is 8.97. The van der Waals surface area contributed by atoms with Crippen molar-refractivity contribution >= 4 is 17.4 Å². The highest BCUT2D eigenvalue weighted by molar-refractivity contribution is 6.06. The van der Waals surface area contributed by atoms with E-state index in [4.69, 9.17) is 0 Å². The zero-order chi connectivity index (χ0) is 25.4. The van der Waals surface area contributed by atoms with Crippen LogP contribution in [0.5, 0.6) is 0 Å². The molecule has 10 heteroatoms. The molecule has 36 heavy (non-hydrogen) atoms. The van der Waals surface area contributed by atoms with E-state index in [-0.39, 0.29) is 23.4 Å². The van der Waals surface area contributed by atoms with Gasteiger partial charge in [-0.05, 0) is 35.9 Å².